The maximum absolute atomic E-state index is 13.4. The van der Waals surface area contributed by atoms with E-state index in [4.69, 9.17) is 4.42 Å². The number of urea groups is 2. The second-order valence-electron chi connectivity index (χ2n) is 9.23. The zero-order valence-electron chi connectivity index (χ0n) is 22.4. The molecule has 1 saturated heterocycles. The molecule has 3 atom stereocenters. The number of amides is 6. The lowest BCUT2D eigenvalue weighted by Gasteiger charge is -2.49. The Kier molecular flexibility index (Phi) is 8.96. The fourth-order valence-electron chi connectivity index (χ4n) is 4.37. The summed E-state index contributed by atoms with van der Waals surface area (Å²) in [5, 5.41) is 30.6. The third-order valence-corrected chi connectivity index (χ3v) is 8.84. The molecule has 1 fully saturated rings. The topological polar surface area (TPSA) is 214 Å². The van der Waals surface area contributed by atoms with Crippen LogP contribution in [0, 0.1) is 0 Å². The number of rotatable bonds is 10. The van der Waals surface area contributed by atoms with Crippen LogP contribution in [0.15, 0.2) is 69.6 Å². The first kappa shape index (κ1) is 29.6. The fourth-order valence-corrected chi connectivity index (χ4v) is 6.70. The molecule has 18 heteroatoms. The van der Waals surface area contributed by atoms with E-state index in [0.717, 1.165) is 4.90 Å². The number of β-lactam (4-membered cyclic amide) rings is 1. The van der Waals surface area contributed by atoms with Gasteiger partial charge in [-0.2, -0.15) is 0 Å². The predicted molar refractivity (Wildman–Crippen MR) is 151 cm³/mol. The number of thioether (sulfide) groups is 2. The highest BCUT2D eigenvalue weighted by atomic mass is 32.2. The van der Waals surface area contributed by atoms with Gasteiger partial charge in [-0.3, -0.25) is 19.8 Å². The Morgan fingerprint density at radius 2 is 1.95 bits per heavy atom. The molecule has 5 rings (SSSR count). The van der Waals surface area contributed by atoms with Gasteiger partial charge in [0.2, 0.25) is 11.1 Å². The van der Waals surface area contributed by atoms with Crippen molar-refractivity contribution in [2.24, 2.45) is 7.05 Å². The van der Waals surface area contributed by atoms with Gasteiger partial charge in [0.05, 0.1) is 12.8 Å². The van der Waals surface area contributed by atoms with E-state index in [1.165, 1.54) is 34.5 Å². The number of aliphatic carboxylic acids is 1. The third-order valence-electron chi connectivity index (χ3n) is 6.41. The molecule has 3 aromatic rings. The molecule has 1 aromatic carbocycles. The Balaban J connectivity index is 1.24. The number of hydrogen-bond acceptors (Lipinski definition) is 11. The average Bonchev–Trinajstić information content (AvgIpc) is 3.67. The molecular weight excluding hydrogens is 602 g/mol. The van der Waals surface area contributed by atoms with E-state index in [2.05, 4.69) is 36.8 Å². The molecule has 0 aliphatic carbocycles. The summed E-state index contributed by atoms with van der Waals surface area (Å²) in [5.74, 6) is -1.54. The van der Waals surface area contributed by atoms with Crippen LogP contribution in [0.25, 0.3) is 0 Å². The van der Waals surface area contributed by atoms with Crippen LogP contribution in [-0.4, -0.2) is 83.0 Å². The SMILES string of the molecule is Cn1nnnc1SCC1=C(C(=O)O)N2C(=O)C(NC(=O)C(NC(=O)NC(=O)NCc3ccco3)c3ccccc3)[C@@H]2SC1. The lowest BCUT2D eigenvalue weighted by atomic mass is 10.0. The number of benzene rings is 1. The number of hydrogen-bond donors (Lipinski definition) is 5. The van der Waals surface area contributed by atoms with Crippen LogP contribution in [0.2, 0.25) is 0 Å². The molecule has 0 spiro atoms. The molecule has 0 bridgehead atoms. The van der Waals surface area contributed by atoms with E-state index >= 15 is 0 Å². The van der Waals surface area contributed by atoms with Gasteiger partial charge in [0, 0.05) is 18.6 Å². The lowest BCUT2D eigenvalue weighted by molar-refractivity contribution is -0.151. The van der Waals surface area contributed by atoms with Crippen molar-refractivity contribution < 1.29 is 33.5 Å². The number of imide groups is 1. The van der Waals surface area contributed by atoms with Gasteiger partial charge in [-0.1, -0.05) is 42.1 Å². The number of carbonyl (C=O) groups is 5. The highest BCUT2D eigenvalue weighted by molar-refractivity contribution is 8.01. The van der Waals surface area contributed by atoms with Crippen LogP contribution >= 0.6 is 23.5 Å². The van der Waals surface area contributed by atoms with Crippen LogP contribution in [0.1, 0.15) is 17.4 Å². The molecule has 0 saturated carbocycles. The van der Waals surface area contributed by atoms with Crippen LogP contribution in [-0.2, 0) is 28.0 Å². The van der Waals surface area contributed by atoms with Crippen molar-refractivity contribution in [3.8, 4) is 0 Å². The number of tetrazole rings is 1. The van der Waals surface area contributed by atoms with E-state index in [1.807, 2.05) is 0 Å². The van der Waals surface area contributed by atoms with Crippen molar-refractivity contribution in [3.05, 3.63) is 71.3 Å². The highest BCUT2D eigenvalue weighted by Crippen LogP contribution is 2.41. The number of carboxylic acids is 1. The number of nitrogens with one attached hydrogen (secondary N) is 4. The van der Waals surface area contributed by atoms with Gasteiger partial charge in [0.1, 0.15) is 28.9 Å². The van der Waals surface area contributed by atoms with Gasteiger partial charge in [0.25, 0.3) is 5.91 Å². The monoisotopic (exact) mass is 627 g/mol. The largest absolute Gasteiger partial charge is 0.477 e. The van der Waals surface area contributed by atoms with Gasteiger partial charge in [-0.25, -0.2) is 19.1 Å². The second kappa shape index (κ2) is 13.0. The maximum atomic E-state index is 13.4. The minimum Gasteiger partial charge on any atom is -0.477 e. The number of nitrogens with zero attached hydrogens (tertiary/aromatic N) is 5. The summed E-state index contributed by atoms with van der Waals surface area (Å²) in [6, 6.07) is 7.50. The molecule has 224 valence electrons. The number of aromatic nitrogens is 4. The van der Waals surface area contributed by atoms with Crippen molar-refractivity contribution in [1.29, 1.82) is 0 Å². The predicted octanol–water partition coefficient (Wildman–Crippen LogP) is 0.584. The van der Waals surface area contributed by atoms with Crippen molar-refractivity contribution in [2.45, 2.75) is 29.2 Å². The fraction of sp³-hybridized carbons (Fsp3) is 0.280. The van der Waals surface area contributed by atoms with Gasteiger partial charge in [-0.05, 0) is 33.7 Å². The first-order valence-corrected chi connectivity index (χ1v) is 14.7. The minimum atomic E-state index is -1.27. The summed E-state index contributed by atoms with van der Waals surface area (Å²) in [6.45, 7) is 0.0403. The Bertz CT molecular complexity index is 1560. The molecule has 2 aliphatic rings. The van der Waals surface area contributed by atoms with E-state index in [9.17, 15) is 29.1 Å². The first-order chi connectivity index (χ1) is 20.7. The minimum absolute atomic E-state index is 0.0403. The van der Waals surface area contributed by atoms with E-state index in [0.29, 0.717) is 27.8 Å². The Morgan fingerprint density at radius 1 is 1.16 bits per heavy atom. The Hall–Kier alpha value is -4.84. The van der Waals surface area contributed by atoms with Crippen molar-refractivity contribution in [1.82, 2.24) is 46.4 Å². The molecule has 43 heavy (non-hydrogen) atoms. The Morgan fingerprint density at radius 3 is 2.63 bits per heavy atom. The zero-order valence-corrected chi connectivity index (χ0v) is 24.1. The quantitative estimate of drug-likeness (QED) is 0.154. The molecule has 2 unspecified atom stereocenters. The lowest BCUT2D eigenvalue weighted by Crippen LogP contribution is -2.71. The van der Waals surface area contributed by atoms with Gasteiger partial charge < -0.3 is 25.5 Å². The van der Waals surface area contributed by atoms with Gasteiger partial charge in [-0.15, -0.1) is 16.9 Å². The summed E-state index contributed by atoms with van der Waals surface area (Å²) >= 11 is 2.55. The van der Waals surface area contributed by atoms with Crippen molar-refractivity contribution in [2.75, 3.05) is 11.5 Å². The molecule has 16 nitrogen and oxygen atoms in total. The Labute approximate surface area is 252 Å². The van der Waals surface area contributed by atoms with Crippen LogP contribution in [0.4, 0.5) is 9.59 Å². The van der Waals surface area contributed by atoms with E-state index in [1.54, 1.807) is 49.5 Å². The summed E-state index contributed by atoms with van der Waals surface area (Å²) in [6.07, 6.45) is 1.44. The zero-order chi connectivity index (χ0) is 30.5. The molecule has 4 heterocycles. The van der Waals surface area contributed by atoms with Gasteiger partial charge >= 0.3 is 18.0 Å². The third kappa shape index (κ3) is 6.64. The van der Waals surface area contributed by atoms with Crippen LogP contribution in [0.3, 0.4) is 0 Å². The molecule has 2 aliphatic heterocycles. The maximum Gasteiger partial charge on any atom is 0.352 e. The first-order valence-electron chi connectivity index (χ1n) is 12.7. The van der Waals surface area contributed by atoms with Crippen molar-refractivity contribution in [3.63, 3.8) is 0 Å². The summed E-state index contributed by atoms with van der Waals surface area (Å²) < 4.78 is 6.58. The summed E-state index contributed by atoms with van der Waals surface area (Å²) in [7, 11) is 1.66. The normalized spacial score (nSPS) is 18.3. The highest BCUT2D eigenvalue weighted by Gasteiger charge is 2.54. The molecule has 0 radical (unpaired) electrons. The summed E-state index contributed by atoms with van der Waals surface area (Å²) in [4.78, 5) is 64.7. The summed E-state index contributed by atoms with van der Waals surface area (Å²) in [5.41, 5.74) is 0.778. The second-order valence-corrected chi connectivity index (χ2v) is 11.3. The molecule has 2 aromatic heterocycles. The average molecular weight is 628 g/mol. The smallest absolute Gasteiger partial charge is 0.352 e. The number of aryl methyl sites for hydroxylation is 1. The number of fused-ring (bicyclic) bond motifs is 1. The van der Waals surface area contributed by atoms with Crippen LogP contribution < -0.4 is 21.3 Å². The molecule has 6 amide bonds. The molecule has 5 N–H and O–H groups in total. The molecular formula is C25H25N9O7S2. The van der Waals surface area contributed by atoms with Crippen LogP contribution in [0.5, 0.6) is 0 Å². The number of carboxylic acid groups (broad SMARTS) is 1. The van der Waals surface area contributed by atoms with Crippen molar-refractivity contribution >= 4 is 53.4 Å². The van der Waals surface area contributed by atoms with E-state index in [-0.39, 0.29) is 18.0 Å². The number of carbonyl (C=O) groups excluding carboxylic acids is 4. The number of furan rings is 1. The van der Waals surface area contributed by atoms with Gasteiger partial charge in [0.15, 0.2) is 0 Å². The standard InChI is InChI=1S/C25H25N9O7S2/c1-33-25(30-31-32-33)43-12-14-11-42-21-17(20(36)34(21)18(14)22(37)38)27-19(35)16(13-6-3-2-4-7-13)28-24(40)29-23(39)26-10-15-8-5-9-41-15/h2-9,16-17,21H,10-12H2,1H3,(H,27,35)(H,37,38)(H3,26,28,29,39,40)/t16?,17?,21-/m0/s1. The van der Waals surface area contributed by atoms with E-state index < -0.39 is 47.3 Å².